The van der Waals surface area contributed by atoms with Crippen molar-refractivity contribution >= 4 is 42.7 Å². The Balaban J connectivity index is 1.98. The minimum absolute atomic E-state index is 0.0244. The fourth-order valence-corrected chi connectivity index (χ4v) is 6.22. The van der Waals surface area contributed by atoms with Gasteiger partial charge in [-0.3, -0.25) is 4.79 Å². The van der Waals surface area contributed by atoms with Gasteiger partial charge in [0, 0.05) is 15.8 Å². The molecule has 5 nitrogen and oxygen atoms in total. The highest BCUT2D eigenvalue weighted by atomic mass is 32.2. The van der Waals surface area contributed by atoms with Gasteiger partial charge in [-0.15, -0.1) is 11.3 Å². The molecule has 8 heteroatoms. The average molecular weight is 338 g/mol. The standard InChI is InChI=1S/C13H10N2O3S3/c16-12-10-8-2-4-21(17,18)6-9(8)20-13(10)15-11(14-12)7-1-3-19-5-7/h1,3,5H,2,4,6H2,(H,14,15,16). The normalized spacial score (nSPS) is 17.0. The summed E-state index contributed by atoms with van der Waals surface area (Å²) in [6.45, 7) is 0. The Hall–Kier alpha value is -1.51. The number of aromatic amines is 1. The second kappa shape index (κ2) is 4.49. The highest BCUT2D eigenvalue weighted by Gasteiger charge is 2.27. The van der Waals surface area contributed by atoms with E-state index in [1.54, 1.807) is 0 Å². The Labute approximate surface area is 128 Å². The number of fused-ring (bicyclic) bond motifs is 3. The van der Waals surface area contributed by atoms with Crippen LogP contribution in [0.3, 0.4) is 0 Å². The smallest absolute Gasteiger partial charge is 0.260 e. The van der Waals surface area contributed by atoms with E-state index < -0.39 is 9.84 Å². The molecule has 21 heavy (non-hydrogen) atoms. The molecule has 0 aliphatic carbocycles. The number of thiophene rings is 2. The summed E-state index contributed by atoms with van der Waals surface area (Å²) in [7, 11) is -3.04. The molecular formula is C13H10N2O3S3. The first-order valence-corrected chi connectivity index (χ1v) is 9.89. The number of aromatic nitrogens is 2. The van der Waals surface area contributed by atoms with E-state index in [0.29, 0.717) is 22.5 Å². The molecule has 0 unspecified atom stereocenters. The first kappa shape index (κ1) is 13.2. The summed E-state index contributed by atoms with van der Waals surface area (Å²) in [6.07, 6.45) is 0.403. The molecule has 0 aromatic carbocycles. The number of rotatable bonds is 1. The molecule has 108 valence electrons. The maximum absolute atomic E-state index is 12.4. The monoisotopic (exact) mass is 338 g/mol. The molecular weight excluding hydrogens is 328 g/mol. The predicted octanol–water partition coefficient (Wildman–Crippen LogP) is 2.18. The van der Waals surface area contributed by atoms with Crippen LogP contribution >= 0.6 is 22.7 Å². The fourth-order valence-electron chi connectivity index (χ4n) is 2.56. The number of nitrogens with one attached hydrogen (secondary N) is 1. The first-order chi connectivity index (χ1) is 10.0. The fraction of sp³-hybridized carbons (Fsp3) is 0.231. The largest absolute Gasteiger partial charge is 0.306 e. The zero-order chi connectivity index (χ0) is 14.6. The Kier molecular flexibility index (Phi) is 2.82. The quantitative estimate of drug-likeness (QED) is 0.737. The van der Waals surface area contributed by atoms with E-state index in [2.05, 4.69) is 9.97 Å². The molecule has 0 radical (unpaired) electrons. The van der Waals surface area contributed by atoms with Crippen molar-refractivity contribution < 1.29 is 8.42 Å². The molecule has 4 heterocycles. The minimum Gasteiger partial charge on any atom is -0.306 e. The zero-order valence-corrected chi connectivity index (χ0v) is 13.2. The molecule has 3 aromatic rings. The van der Waals surface area contributed by atoms with Gasteiger partial charge in [0.1, 0.15) is 10.7 Å². The molecule has 0 saturated carbocycles. The lowest BCUT2D eigenvalue weighted by molar-refractivity contribution is 0.592. The Bertz CT molecular complexity index is 997. The lowest BCUT2D eigenvalue weighted by Crippen LogP contribution is -2.19. The summed E-state index contributed by atoms with van der Waals surface area (Å²) in [4.78, 5) is 21.1. The average Bonchev–Trinajstić information content (AvgIpc) is 3.02. The van der Waals surface area contributed by atoms with Crippen molar-refractivity contribution in [2.45, 2.75) is 12.2 Å². The molecule has 0 amide bonds. The third-order valence-corrected chi connectivity index (χ3v) is 7.10. The zero-order valence-electron chi connectivity index (χ0n) is 10.8. The predicted molar refractivity (Wildman–Crippen MR) is 84.7 cm³/mol. The summed E-state index contributed by atoms with van der Waals surface area (Å²) in [5.74, 6) is 0.670. The molecule has 1 aliphatic rings. The Morgan fingerprint density at radius 3 is 2.95 bits per heavy atom. The van der Waals surface area contributed by atoms with Crippen molar-refractivity contribution in [3.8, 4) is 11.4 Å². The van der Waals surface area contributed by atoms with Crippen LogP contribution in [0.2, 0.25) is 0 Å². The van der Waals surface area contributed by atoms with Crippen LogP contribution in [0.1, 0.15) is 10.4 Å². The highest BCUT2D eigenvalue weighted by molar-refractivity contribution is 7.90. The van der Waals surface area contributed by atoms with Crippen molar-refractivity contribution in [1.82, 2.24) is 9.97 Å². The Morgan fingerprint density at radius 2 is 2.19 bits per heavy atom. The highest BCUT2D eigenvalue weighted by Crippen LogP contribution is 2.34. The van der Waals surface area contributed by atoms with Crippen LogP contribution in [0.25, 0.3) is 21.6 Å². The Morgan fingerprint density at radius 1 is 1.33 bits per heavy atom. The number of nitrogens with zero attached hydrogens (tertiary/aromatic N) is 1. The number of hydrogen-bond acceptors (Lipinski definition) is 6. The number of aryl methyl sites for hydroxylation is 1. The number of hydrogen-bond donors (Lipinski definition) is 1. The van der Waals surface area contributed by atoms with Gasteiger partial charge in [0.25, 0.3) is 5.56 Å². The number of H-pyrrole nitrogens is 1. The van der Waals surface area contributed by atoms with E-state index >= 15 is 0 Å². The molecule has 1 N–H and O–H groups in total. The van der Waals surface area contributed by atoms with Crippen molar-refractivity contribution in [2.75, 3.05) is 5.75 Å². The van der Waals surface area contributed by atoms with E-state index in [4.69, 9.17) is 0 Å². The molecule has 0 fully saturated rings. The third kappa shape index (κ3) is 2.14. The van der Waals surface area contributed by atoms with Crippen LogP contribution < -0.4 is 5.56 Å². The van der Waals surface area contributed by atoms with Gasteiger partial charge in [-0.25, -0.2) is 13.4 Å². The topological polar surface area (TPSA) is 79.9 Å². The van der Waals surface area contributed by atoms with Gasteiger partial charge >= 0.3 is 0 Å². The molecule has 0 bridgehead atoms. The van der Waals surface area contributed by atoms with Gasteiger partial charge in [0.05, 0.1) is 16.9 Å². The molecule has 3 aromatic heterocycles. The van der Waals surface area contributed by atoms with Crippen molar-refractivity contribution in [3.63, 3.8) is 0 Å². The SMILES string of the molecule is O=c1[nH]c(-c2ccsc2)nc2sc3c(c12)CCS(=O)(=O)C3. The molecule has 4 rings (SSSR count). The van der Waals surface area contributed by atoms with E-state index in [1.807, 2.05) is 16.8 Å². The van der Waals surface area contributed by atoms with Crippen LogP contribution in [-0.2, 0) is 22.0 Å². The second-order valence-corrected chi connectivity index (χ2v) is 9.00. The minimum atomic E-state index is -3.04. The van der Waals surface area contributed by atoms with E-state index in [1.165, 1.54) is 22.7 Å². The maximum atomic E-state index is 12.4. The van der Waals surface area contributed by atoms with Crippen LogP contribution in [0.5, 0.6) is 0 Å². The number of sulfone groups is 1. The summed E-state index contributed by atoms with van der Waals surface area (Å²) in [6, 6.07) is 1.90. The molecule has 0 saturated heterocycles. The summed E-state index contributed by atoms with van der Waals surface area (Å²) < 4.78 is 23.5. The van der Waals surface area contributed by atoms with Gasteiger partial charge in [-0.2, -0.15) is 11.3 Å². The summed E-state index contributed by atoms with van der Waals surface area (Å²) >= 11 is 2.86. The van der Waals surface area contributed by atoms with Crippen LogP contribution in [0.4, 0.5) is 0 Å². The summed E-state index contributed by atoms with van der Waals surface area (Å²) in [5.41, 5.74) is 1.55. The lowest BCUT2D eigenvalue weighted by atomic mass is 10.1. The van der Waals surface area contributed by atoms with Crippen LogP contribution in [-0.4, -0.2) is 24.1 Å². The summed E-state index contributed by atoms with van der Waals surface area (Å²) in [5, 5.41) is 4.40. The van der Waals surface area contributed by atoms with Gasteiger partial charge in [-0.1, -0.05) is 0 Å². The van der Waals surface area contributed by atoms with E-state index in [-0.39, 0.29) is 17.1 Å². The van der Waals surface area contributed by atoms with Crippen LogP contribution in [0.15, 0.2) is 21.6 Å². The van der Waals surface area contributed by atoms with Crippen molar-refractivity contribution in [3.05, 3.63) is 37.6 Å². The third-order valence-electron chi connectivity index (χ3n) is 3.55. The van der Waals surface area contributed by atoms with Crippen molar-refractivity contribution in [2.24, 2.45) is 0 Å². The molecule has 1 aliphatic heterocycles. The van der Waals surface area contributed by atoms with Gasteiger partial charge in [-0.05, 0) is 23.4 Å². The molecule has 0 spiro atoms. The second-order valence-electron chi connectivity index (χ2n) is 4.95. The maximum Gasteiger partial charge on any atom is 0.260 e. The molecule has 0 atom stereocenters. The van der Waals surface area contributed by atoms with Gasteiger partial charge < -0.3 is 4.98 Å². The first-order valence-electron chi connectivity index (χ1n) is 6.31. The van der Waals surface area contributed by atoms with Crippen LogP contribution in [0, 0.1) is 0 Å². The van der Waals surface area contributed by atoms with Gasteiger partial charge in [0.2, 0.25) is 0 Å². The van der Waals surface area contributed by atoms with Gasteiger partial charge in [0.15, 0.2) is 9.84 Å². The van der Waals surface area contributed by atoms with Crippen molar-refractivity contribution in [1.29, 1.82) is 0 Å². The lowest BCUT2D eigenvalue weighted by Gasteiger charge is -2.11. The van der Waals surface area contributed by atoms with E-state index in [0.717, 1.165) is 16.0 Å². The van der Waals surface area contributed by atoms with E-state index in [9.17, 15) is 13.2 Å².